The van der Waals surface area contributed by atoms with Crippen LogP contribution in [0.25, 0.3) is 5.76 Å². The molecule has 3 aliphatic carbocycles. The summed E-state index contributed by atoms with van der Waals surface area (Å²) < 4.78 is 5.22. The van der Waals surface area contributed by atoms with Crippen molar-refractivity contribution in [3.8, 4) is 5.75 Å². The Balaban J connectivity index is 2.06. The lowest BCUT2D eigenvalue weighted by Gasteiger charge is -2.51. The number of fused-ring (bicyclic) bond motifs is 3. The number of ketones is 2. The summed E-state index contributed by atoms with van der Waals surface area (Å²) in [5.74, 6) is -10.4. The quantitative estimate of drug-likeness (QED) is 0.316. The van der Waals surface area contributed by atoms with Gasteiger partial charge in [-0.15, -0.1) is 0 Å². The number of esters is 1. The van der Waals surface area contributed by atoms with E-state index in [1.807, 2.05) is 0 Å². The lowest BCUT2D eigenvalue weighted by atomic mass is 9.55. The van der Waals surface area contributed by atoms with Crippen LogP contribution >= 0.6 is 0 Å². The molecule has 10 heteroatoms. The van der Waals surface area contributed by atoms with Crippen molar-refractivity contribution in [2.45, 2.75) is 31.0 Å². The summed E-state index contributed by atoms with van der Waals surface area (Å²) in [5.41, 5.74) is 1.21. The third-order valence-electron chi connectivity index (χ3n) is 6.59. The molecule has 1 fully saturated rings. The highest BCUT2D eigenvalue weighted by atomic mass is 16.5. The van der Waals surface area contributed by atoms with E-state index in [-0.39, 0.29) is 11.3 Å². The maximum Gasteiger partial charge on any atom is 0.311 e. The first kappa shape index (κ1) is 21.6. The number of benzene rings is 1. The van der Waals surface area contributed by atoms with E-state index in [9.17, 15) is 39.6 Å². The van der Waals surface area contributed by atoms with Gasteiger partial charge in [0, 0.05) is 23.8 Å². The van der Waals surface area contributed by atoms with Crippen molar-refractivity contribution in [1.82, 2.24) is 0 Å². The molecular weight excluding hydrogens is 422 g/mol. The number of Topliss-reactive ketones (excluding diaryl/α,β-unsaturated/α-hetero) is 2. The fourth-order valence-electron chi connectivity index (χ4n) is 5.22. The van der Waals surface area contributed by atoms with Crippen molar-refractivity contribution >= 4 is 29.2 Å². The number of carbonyl (C=O) groups excluding carboxylic acids is 4. The summed E-state index contributed by atoms with van der Waals surface area (Å²) in [4.78, 5) is 49.5. The van der Waals surface area contributed by atoms with Gasteiger partial charge < -0.3 is 30.9 Å². The SMILES string of the molecule is [CH]C(=O)O[C@H]1[C@H]2C(=C(O)c3c(O)cccc3[C@@H]2C)C(=O)[C@]2(O)C(O)=C(C(N)=O)C(=O)C[C@H]12. The predicted octanol–water partition coefficient (Wildman–Crippen LogP) is 0.218. The summed E-state index contributed by atoms with van der Waals surface area (Å²) in [7, 11) is 0. The lowest BCUT2D eigenvalue weighted by Crippen LogP contribution is -2.64. The number of aliphatic hydroxyl groups is 3. The maximum atomic E-state index is 13.5. The summed E-state index contributed by atoms with van der Waals surface area (Å²) >= 11 is 0. The van der Waals surface area contributed by atoms with Crippen LogP contribution in [0.5, 0.6) is 5.75 Å². The van der Waals surface area contributed by atoms with Gasteiger partial charge in [-0.1, -0.05) is 19.1 Å². The Morgan fingerprint density at radius 2 is 1.88 bits per heavy atom. The molecule has 0 saturated heterocycles. The monoisotopic (exact) mass is 441 g/mol. The van der Waals surface area contributed by atoms with Gasteiger partial charge in [-0.2, -0.15) is 0 Å². The molecule has 1 saturated carbocycles. The molecule has 0 heterocycles. The zero-order valence-electron chi connectivity index (χ0n) is 16.7. The standard InChI is InChI=1S/C22H19NO9/c1-7-9-4-3-5-11(25)14(9)17(27)16-13(7)18(32-8(2)24)10-6-12(26)15(21(23)30)19(28)22(10,31)20(16)29/h2-5,7,10,13,18,25,27-28,31H,6H2,1H3,(H2,23,30)/t7-,10+,13+,18+,22+/m0/s1. The molecule has 6 N–H and O–H groups in total. The molecular formula is C22H19NO9. The first-order chi connectivity index (χ1) is 14.9. The van der Waals surface area contributed by atoms with Crippen LogP contribution in [0.1, 0.15) is 30.4 Å². The third kappa shape index (κ3) is 2.62. The molecule has 0 unspecified atom stereocenters. The van der Waals surface area contributed by atoms with Crippen LogP contribution < -0.4 is 5.73 Å². The summed E-state index contributed by atoms with van der Waals surface area (Å²) in [6, 6.07) is 4.40. The smallest absolute Gasteiger partial charge is 0.311 e. The molecule has 32 heavy (non-hydrogen) atoms. The highest BCUT2D eigenvalue weighted by molar-refractivity contribution is 6.23. The number of hydrogen-bond acceptors (Lipinski definition) is 9. The van der Waals surface area contributed by atoms with Crippen LogP contribution in [-0.4, -0.2) is 55.6 Å². The second-order valence-electron chi connectivity index (χ2n) is 8.14. The zero-order valence-corrected chi connectivity index (χ0v) is 16.7. The van der Waals surface area contributed by atoms with Crippen molar-refractivity contribution < 1.29 is 44.3 Å². The van der Waals surface area contributed by atoms with Crippen molar-refractivity contribution in [2.24, 2.45) is 17.6 Å². The first-order valence-corrected chi connectivity index (χ1v) is 9.68. The number of aliphatic hydroxyl groups excluding tert-OH is 2. The number of carbonyl (C=O) groups is 4. The number of hydrogen-bond donors (Lipinski definition) is 5. The maximum absolute atomic E-state index is 13.5. The second-order valence-corrected chi connectivity index (χ2v) is 8.14. The summed E-state index contributed by atoms with van der Waals surface area (Å²) in [6.07, 6.45) is -2.11. The molecule has 0 spiro atoms. The number of amides is 1. The number of ether oxygens (including phenoxy) is 1. The lowest BCUT2D eigenvalue weighted by molar-refractivity contribution is -0.175. The van der Waals surface area contributed by atoms with Crippen molar-refractivity contribution in [2.75, 3.05) is 0 Å². The highest BCUT2D eigenvalue weighted by Gasteiger charge is 2.66. The Kier molecular flexibility index (Phi) is 4.67. The van der Waals surface area contributed by atoms with Gasteiger partial charge in [0.15, 0.2) is 11.4 Å². The Morgan fingerprint density at radius 1 is 1.22 bits per heavy atom. The molecule has 5 atom stereocenters. The minimum Gasteiger partial charge on any atom is -0.508 e. The fraction of sp³-hybridized carbons (Fsp3) is 0.318. The van der Waals surface area contributed by atoms with Gasteiger partial charge in [0.05, 0.1) is 12.5 Å². The molecule has 1 aromatic rings. The zero-order chi connectivity index (χ0) is 23.7. The summed E-state index contributed by atoms with van der Waals surface area (Å²) in [6.45, 7) is 6.85. The molecule has 0 bridgehead atoms. The Morgan fingerprint density at radius 3 is 2.47 bits per heavy atom. The normalized spacial score (nSPS) is 31.6. The number of primary amides is 1. The van der Waals surface area contributed by atoms with Crippen molar-refractivity contribution in [3.63, 3.8) is 0 Å². The first-order valence-electron chi connectivity index (χ1n) is 9.68. The largest absolute Gasteiger partial charge is 0.508 e. The van der Waals surface area contributed by atoms with Gasteiger partial charge in [-0.3, -0.25) is 19.2 Å². The van der Waals surface area contributed by atoms with Crippen molar-refractivity contribution in [3.05, 3.63) is 53.2 Å². The number of aromatic hydroxyl groups is 1. The van der Waals surface area contributed by atoms with Gasteiger partial charge >= 0.3 is 5.97 Å². The van der Waals surface area contributed by atoms with E-state index >= 15 is 0 Å². The molecule has 1 aromatic carbocycles. The van der Waals surface area contributed by atoms with Gasteiger partial charge in [0.2, 0.25) is 5.78 Å². The minimum atomic E-state index is -2.90. The number of phenolic OH excluding ortho intramolecular Hbond substituents is 1. The van der Waals surface area contributed by atoms with E-state index in [0.29, 0.717) is 5.56 Å². The van der Waals surface area contributed by atoms with Crippen LogP contribution in [-0.2, 0) is 23.9 Å². The van der Waals surface area contributed by atoms with Crippen LogP contribution in [0, 0.1) is 18.8 Å². The molecule has 4 rings (SSSR count). The van der Waals surface area contributed by atoms with Crippen LogP contribution in [0.2, 0.25) is 0 Å². The molecule has 0 aliphatic heterocycles. The van der Waals surface area contributed by atoms with Crippen LogP contribution in [0.4, 0.5) is 0 Å². The molecule has 1 amide bonds. The van der Waals surface area contributed by atoms with Gasteiger partial charge in [0.1, 0.15) is 28.9 Å². The second kappa shape index (κ2) is 6.92. The topological polar surface area (TPSA) is 184 Å². The average Bonchev–Trinajstić information content (AvgIpc) is 2.70. The van der Waals surface area contributed by atoms with Gasteiger partial charge in [0.25, 0.3) is 5.91 Å². The van der Waals surface area contributed by atoms with Gasteiger partial charge in [-0.05, 0) is 17.5 Å². The summed E-state index contributed by atoms with van der Waals surface area (Å²) in [5, 5.41) is 43.2. The number of phenols is 1. The van der Waals surface area contributed by atoms with E-state index in [1.165, 1.54) is 12.1 Å². The number of rotatable bonds is 2. The predicted molar refractivity (Wildman–Crippen MR) is 106 cm³/mol. The molecule has 0 aromatic heterocycles. The molecule has 3 aliphatic rings. The Bertz CT molecular complexity index is 1160. The number of nitrogens with two attached hydrogens (primary N) is 1. The van der Waals surface area contributed by atoms with E-state index in [2.05, 4.69) is 0 Å². The Labute approximate surface area is 181 Å². The van der Waals surface area contributed by atoms with Gasteiger partial charge in [-0.25, -0.2) is 0 Å². The molecule has 166 valence electrons. The molecule has 10 nitrogen and oxygen atoms in total. The minimum absolute atomic E-state index is 0.0649. The third-order valence-corrected chi connectivity index (χ3v) is 6.59. The fourth-order valence-corrected chi connectivity index (χ4v) is 5.22. The van der Waals surface area contributed by atoms with Crippen LogP contribution in [0.3, 0.4) is 0 Å². The van der Waals surface area contributed by atoms with E-state index in [4.69, 9.17) is 17.4 Å². The van der Waals surface area contributed by atoms with E-state index < -0.39 is 82.0 Å². The van der Waals surface area contributed by atoms with E-state index in [1.54, 1.807) is 13.0 Å². The average molecular weight is 441 g/mol. The van der Waals surface area contributed by atoms with Crippen molar-refractivity contribution in [1.29, 1.82) is 0 Å². The molecule has 2 radical (unpaired) electrons. The van der Waals surface area contributed by atoms with Crippen LogP contribution in [0.15, 0.2) is 35.1 Å². The van der Waals surface area contributed by atoms with E-state index in [0.717, 1.165) is 0 Å². The Hall–Kier alpha value is -3.66. The highest BCUT2D eigenvalue weighted by Crippen LogP contribution is 2.56.